The summed E-state index contributed by atoms with van der Waals surface area (Å²) < 4.78 is 5.04. The summed E-state index contributed by atoms with van der Waals surface area (Å²) in [7, 11) is 1.35. The second-order valence-corrected chi connectivity index (χ2v) is 4.28. The van der Waals surface area contributed by atoms with Crippen molar-refractivity contribution in [2.45, 2.75) is 13.0 Å². The fourth-order valence-corrected chi connectivity index (χ4v) is 1.92. The second kappa shape index (κ2) is 6.04. The summed E-state index contributed by atoms with van der Waals surface area (Å²) in [5.41, 5.74) is -0.415. The zero-order chi connectivity index (χ0) is 15.4. The molecule has 0 aliphatic rings. The molecule has 0 saturated heterocycles. The van der Waals surface area contributed by atoms with Gasteiger partial charge in [-0.15, -0.1) is 0 Å². The Morgan fingerprint density at radius 1 is 1.52 bits per heavy atom. The third-order valence-electron chi connectivity index (χ3n) is 2.93. The number of nitro groups is 1. The molecule has 110 valence electrons. The van der Waals surface area contributed by atoms with Crippen LogP contribution in [0.25, 0.3) is 0 Å². The summed E-state index contributed by atoms with van der Waals surface area (Å²) >= 11 is 0. The van der Waals surface area contributed by atoms with Gasteiger partial charge >= 0.3 is 0 Å². The van der Waals surface area contributed by atoms with Crippen molar-refractivity contribution >= 4 is 11.6 Å². The van der Waals surface area contributed by atoms with Crippen LogP contribution in [0, 0.1) is 10.1 Å². The Morgan fingerprint density at radius 3 is 2.86 bits per heavy atom. The molecule has 0 saturated carbocycles. The van der Waals surface area contributed by atoms with Crippen LogP contribution in [0.2, 0.25) is 0 Å². The minimum Gasteiger partial charge on any atom is -0.496 e. The number of nitro benzene ring substituents is 1. The van der Waals surface area contributed by atoms with Gasteiger partial charge in [0.05, 0.1) is 18.1 Å². The predicted molar refractivity (Wildman–Crippen MR) is 74.1 cm³/mol. The number of nitrogens with zero attached hydrogens (tertiary/aromatic N) is 2. The molecule has 0 bridgehead atoms. The minimum absolute atomic E-state index is 0.108. The van der Waals surface area contributed by atoms with Gasteiger partial charge in [0.2, 0.25) is 0 Å². The van der Waals surface area contributed by atoms with E-state index in [1.165, 1.54) is 25.3 Å². The molecule has 0 aliphatic heterocycles. The summed E-state index contributed by atoms with van der Waals surface area (Å²) in [6, 6.07) is 3.80. The van der Waals surface area contributed by atoms with E-state index in [-0.39, 0.29) is 17.0 Å². The van der Waals surface area contributed by atoms with E-state index in [1.807, 2.05) is 0 Å². The third-order valence-corrected chi connectivity index (χ3v) is 2.93. The first-order valence-electron chi connectivity index (χ1n) is 6.16. The van der Waals surface area contributed by atoms with Gasteiger partial charge in [-0.25, -0.2) is 4.98 Å². The molecule has 8 heteroatoms. The molecule has 1 unspecified atom stereocenters. The van der Waals surface area contributed by atoms with Crippen LogP contribution in [0.3, 0.4) is 0 Å². The van der Waals surface area contributed by atoms with Crippen LogP contribution in [0.5, 0.6) is 5.75 Å². The smallest absolute Gasteiger partial charge is 0.285 e. The van der Waals surface area contributed by atoms with E-state index in [0.717, 1.165) is 0 Å². The Labute approximate surface area is 120 Å². The van der Waals surface area contributed by atoms with Crippen molar-refractivity contribution in [3.8, 4) is 5.75 Å². The maximum Gasteiger partial charge on any atom is 0.285 e. The lowest BCUT2D eigenvalue weighted by Crippen LogP contribution is -2.28. The molecular weight excluding hydrogens is 276 g/mol. The van der Waals surface area contributed by atoms with Gasteiger partial charge in [-0.3, -0.25) is 14.9 Å². The maximum absolute atomic E-state index is 12.3. The highest BCUT2D eigenvalue weighted by Gasteiger charge is 2.26. The lowest BCUT2D eigenvalue weighted by Gasteiger charge is -2.13. The average Bonchev–Trinajstić information content (AvgIpc) is 3.00. The highest BCUT2D eigenvalue weighted by atomic mass is 16.6. The zero-order valence-electron chi connectivity index (χ0n) is 11.5. The van der Waals surface area contributed by atoms with E-state index < -0.39 is 16.9 Å². The van der Waals surface area contributed by atoms with Crippen molar-refractivity contribution in [1.82, 2.24) is 15.3 Å². The van der Waals surface area contributed by atoms with Crippen LogP contribution in [-0.2, 0) is 0 Å². The quantitative estimate of drug-likeness (QED) is 0.644. The standard InChI is InChI=1S/C13H14N4O4/c1-8(12-14-6-7-15-12)16-13(18)11-9(17(19)20)4-3-5-10(11)21-2/h3-8H,1-2H3,(H,14,15)(H,16,18). The molecule has 1 atom stereocenters. The molecule has 0 aliphatic carbocycles. The summed E-state index contributed by atoms with van der Waals surface area (Å²) in [5, 5.41) is 13.7. The zero-order valence-corrected chi connectivity index (χ0v) is 11.5. The van der Waals surface area contributed by atoms with Gasteiger partial charge in [0, 0.05) is 18.5 Å². The Hall–Kier alpha value is -2.90. The largest absolute Gasteiger partial charge is 0.496 e. The molecule has 0 radical (unpaired) electrons. The molecule has 2 aromatic rings. The lowest BCUT2D eigenvalue weighted by molar-refractivity contribution is -0.385. The van der Waals surface area contributed by atoms with E-state index in [4.69, 9.17) is 4.74 Å². The summed E-state index contributed by atoms with van der Waals surface area (Å²) in [4.78, 5) is 29.7. The Balaban J connectivity index is 2.32. The van der Waals surface area contributed by atoms with E-state index in [0.29, 0.717) is 5.82 Å². The number of H-pyrrole nitrogens is 1. The fraction of sp³-hybridized carbons (Fsp3) is 0.231. The summed E-state index contributed by atoms with van der Waals surface area (Å²) in [6.45, 7) is 1.72. The molecule has 0 fully saturated rings. The molecule has 1 aromatic heterocycles. The van der Waals surface area contributed by atoms with Crippen LogP contribution < -0.4 is 10.1 Å². The van der Waals surface area contributed by atoms with Crippen molar-refractivity contribution in [2.24, 2.45) is 0 Å². The molecule has 21 heavy (non-hydrogen) atoms. The third kappa shape index (κ3) is 2.99. The number of aromatic amines is 1. The number of nitrogens with one attached hydrogen (secondary N) is 2. The van der Waals surface area contributed by atoms with Crippen molar-refractivity contribution in [3.05, 3.63) is 52.1 Å². The van der Waals surface area contributed by atoms with Crippen LogP contribution in [0.15, 0.2) is 30.6 Å². The number of carbonyl (C=O) groups excluding carboxylic acids is 1. The highest BCUT2D eigenvalue weighted by Crippen LogP contribution is 2.28. The lowest BCUT2D eigenvalue weighted by atomic mass is 10.1. The van der Waals surface area contributed by atoms with E-state index in [1.54, 1.807) is 19.3 Å². The molecule has 1 heterocycles. The second-order valence-electron chi connectivity index (χ2n) is 4.28. The maximum atomic E-state index is 12.3. The first-order valence-corrected chi connectivity index (χ1v) is 6.16. The van der Waals surface area contributed by atoms with Crippen LogP contribution in [0.1, 0.15) is 29.1 Å². The van der Waals surface area contributed by atoms with Crippen LogP contribution in [0.4, 0.5) is 5.69 Å². The summed E-state index contributed by atoms with van der Waals surface area (Å²) in [5.74, 6) is 0.109. The Kier molecular flexibility index (Phi) is 4.17. The number of ether oxygens (including phenoxy) is 1. The summed E-state index contributed by atoms with van der Waals surface area (Å²) in [6.07, 6.45) is 3.19. The molecule has 2 rings (SSSR count). The average molecular weight is 290 g/mol. The number of carbonyl (C=O) groups is 1. The van der Waals surface area contributed by atoms with Gasteiger partial charge in [-0.1, -0.05) is 6.07 Å². The Bertz CT molecular complexity index is 654. The number of hydrogen-bond donors (Lipinski definition) is 2. The van der Waals surface area contributed by atoms with Crippen molar-refractivity contribution in [2.75, 3.05) is 7.11 Å². The number of methoxy groups -OCH3 is 1. The minimum atomic E-state index is -0.616. The number of imidazole rings is 1. The van der Waals surface area contributed by atoms with Gasteiger partial charge in [0.15, 0.2) is 5.56 Å². The number of aromatic nitrogens is 2. The Morgan fingerprint density at radius 2 is 2.29 bits per heavy atom. The normalized spacial score (nSPS) is 11.7. The van der Waals surface area contributed by atoms with Gasteiger partial charge in [0.25, 0.3) is 11.6 Å². The SMILES string of the molecule is COc1cccc([N+](=O)[O-])c1C(=O)NC(C)c1ncc[nH]1. The number of rotatable bonds is 5. The van der Waals surface area contributed by atoms with Crippen LogP contribution >= 0.6 is 0 Å². The van der Waals surface area contributed by atoms with E-state index >= 15 is 0 Å². The van der Waals surface area contributed by atoms with Crippen LogP contribution in [-0.4, -0.2) is 27.9 Å². The van der Waals surface area contributed by atoms with Gasteiger partial charge in [-0.05, 0) is 13.0 Å². The molecular formula is C13H14N4O4. The fourth-order valence-electron chi connectivity index (χ4n) is 1.92. The topological polar surface area (TPSA) is 110 Å². The van der Waals surface area contributed by atoms with Crippen molar-refractivity contribution in [3.63, 3.8) is 0 Å². The number of amides is 1. The highest BCUT2D eigenvalue weighted by molar-refractivity contribution is 6.01. The monoisotopic (exact) mass is 290 g/mol. The van der Waals surface area contributed by atoms with Gasteiger partial charge in [-0.2, -0.15) is 0 Å². The van der Waals surface area contributed by atoms with E-state index in [2.05, 4.69) is 15.3 Å². The van der Waals surface area contributed by atoms with Crippen molar-refractivity contribution < 1.29 is 14.5 Å². The molecule has 0 spiro atoms. The van der Waals surface area contributed by atoms with E-state index in [9.17, 15) is 14.9 Å². The molecule has 1 amide bonds. The van der Waals surface area contributed by atoms with Crippen molar-refractivity contribution in [1.29, 1.82) is 0 Å². The first-order chi connectivity index (χ1) is 10.0. The first kappa shape index (κ1) is 14.5. The predicted octanol–water partition coefficient (Wildman–Crippen LogP) is 1.82. The molecule has 2 N–H and O–H groups in total. The number of hydrogen-bond acceptors (Lipinski definition) is 5. The van der Waals surface area contributed by atoms with Gasteiger partial charge in [0.1, 0.15) is 11.6 Å². The number of benzene rings is 1. The van der Waals surface area contributed by atoms with Gasteiger partial charge < -0.3 is 15.0 Å². The molecule has 8 nitrogen and oxygen atoms in total. The molecule has 1 aromatic carbocycles.